The summed E-state index contributed by atoms with van der Waals surface area (Å²) in [4.78, 5) is 13.2. The Kier molecular flexibility index (Phi) is 4.87. The molecule has 0 bridgehead atoms. The van der Waals surface area contributed by atoms with Crippen molar-refractivity contribution in [3.63, 3.8) is 0 Å². The molecule has 1 aliphatic rings. The molecular formula is C14H19FN2O2. The number of rotatable bonds is 4. The third kappa shape index (κ3) is 4.29. The molecule has 1 heterocycles. The first-order valence-electron chi connectivity index (χ1n) is 6.46. The number of hydrogen-bond acceptors (Lipinski definition) is 3. The van der Waals surface area contributed by atoms with Gasteiger partial charge in [-0.05, 0) is 17.7 Å². The summed E-state index contributed by atoms with van der Waals surface area (Å²) in [6.45, 7) is 4.96. The maximum Gasteiger partial charge on any atom is 0.216 e. The fourth-order valence-electron chi connectivity index (χ4n) is 2.17. The van der Waals surface area contributed by atoms with E-state index in [4.69, 9.17) is 4.74 Å². The minimum absolute atomic E-state index is 0.0349. The first-order chi connectivity index (χ1) is 9.15. The highest BCUT2D eigenvalue weighted by atomic mass is 19.1. The van der Waals surface area contributed by atoms with Crippen LogP contribution in [0, 0.1) is 5.82 Å². The third-order valence-electron chi connectivity index (χ3n) is 3.24. The molecule has 1 amide bonds. The van der Waals surface area contributed by atoms with Crippen molar-refractivity contribution in [1.29, 1.82) is 0 Å². The van der Waals surface area contributed by atoms with E-state index in [1.165, 1.54) is 19.1 Å². The Bertz CT molecular complexity index is 422. The van der Waals surface area contributed by atoms with Crippen LogP contribution in [0.25, 0.3) is 0 Å². The number of ether oxygens (including phenoxy) is 1. The van der Waals surface area contributed by atoms with Crippen molar-refractivity contribution >= 4 is 5.91 Å². The molecule has 1 fully saturated rings. The Morgan fingerprint density at radius 3 is 2.89 bits per heavy atom. The molecule has 4 nitrogen and oxygen atoms in total. The third-order valence-corrected chi connectivity index (χ3v) is 3.24. The molecule has 1 aromatic rings. The maximum absolute atomic E-state index is 12.9. The summed E-state index contributed by atoms with van der Waals surface area (Å²) in [6.07, 6.45) is 0. The van der Waals surface area contributed by atoms with Crippen LogP contribution >= 0.6 is 0 Å². The van der Waals surface area contributed by atoms with Crippen molar-refractivity contribution in [2.45, 2.75) is 19.5 Å². The summed E-state index contributed by atoms with van der Waals surface area (Å²) in [5, 5.41) is 2.82. The van der Waals surface area contributed by atoms with Crippen LogP contribution in [0.15, 0.2) is 24.3 Å². The molecule has 104 valence electrons. The molecule has 0 saturated carbocycles. The Labute approximate surface area is 112 Å². The van der Waals surface area contributed by atoms with Crippen molar-refractivity contribution in [3.8, 4) is 0 Å². The molecule has 0 aliphatic carbocycles. The Hall–Kier alpha value is -1.46. The van der Waals surface area contributed by atoms with Crippen LogP contribution in [0.5, 0.6) is 0 Å². The molecular weight excluding hydrogens is 247 g/mol. The lowest BCUT2D eigenvalue weighted by molar-refractivity contribution is -0.119. The lowest BCUT2D eigenvalue weighted by Crippen LogP contribution is -2.50. The predicted molar refractivity (Wildman–Crippen MR) is 70.1 cm³/mol. The van der Waals surface area contributed by atoms with Crippen molar-refractivity contribution < 1.29 is 13.9 Å². The highest BCUT2D eigenvalue weighted by Crippen LogP contribution is 2.12. The fraction of sp³-hybridized carbons (Fsp3) is 0.500. The van der Waals surface area contributed by atoms with Gasteiger partial charge in [0.1, 0.15) is 5.82 Å². The second-order valence-electron chi connectivity index (χ2n) is 4.76. The lowest BCUT2D eigenvalue weighted by Gasteiger charge is -2.35. The van der Waals surface area contributed by atoms with Gasteiger partial charge >= 0.3 is 0 Å². The summed E-state index contributed by atoms with van der Waals surface area (Å²) in [5.74, 6) is -0.257. The van der Waals surface area contributed by atoms with E-state index >= 15 is 0 Å². The first kappa shape index (κ1) is 14.0. The highest BCUT2D eigenvalue weighted by Gasteiger charge is 2.23. The largest absolute Gasteiger partial charge is 0.378 e. The van der Waals surface area contributed by atoms with Crippen molar-refractivity contribution in [1.82, 2.24) is 10.2 Å². The van der Waals surface area contributed by atoms with Crippen LogP contribution < -0.4 is 5.32 Å². The normalized spacial score (nSPS) is 20.2. The van der Waals surface area contributed by atoms with Crippen molar-refractivity contribution in [2.24, 2.45) is 0 Å². The van der Waals surface area contributed by atoms with Gasteiger partial charge in [-0.2, -0.15) is 0 Å². The van der Waals surface area contributed by atoms with E-state index in [-0.39, 0.29) is 17.8 Å². The highest BCUT2D eigenvalue weighted by molar-refractivity contribution is 5.72. The topological polar surface area (TPSA) is 41.6 Å². The van der Waals surface area contributed by atoms with Crippen molar-refractivity contribution in [3.05, 3.63) is 35.6 Å². The summed E-state index contributed by atoms with van der Waals surface area (Å²) < 4.78 is 18.3. The second kappa shape index (κ2) is 6.63. The van der Waals surface area contributed by atoms with Crippen LogP contribution in [-0.2, 0) is 16.1 Å². The van der Waals surface area contributed by atoms with Gasteiger partial charge in [0.25, 0.3) is 0 Å². The van der Waals surface area contributed by atoms with Gasteiger partial charge < -0.3 is 10.1 Å². The number of amides is 1. The Morgan fingerprint density at radius 2 is 2.21 bits per heavy atom. The molecule has 1 aliphatic heterocycles. The molecule has 1 aromatic carbocycles. The summed E-state index contributed by atoms with van der Waals surface area (Å²) in [5.41, 5.74) is 1.07. The number of carbonyl (C=O) groups excluding carboxylic acids is 1. The standard InChI is InChI=1S/C14H19FN2O2/c1-11(18)16-8-14-10-19-7-6-17(14)9-12-2-4-13(15)5-3-12/h2-5,14H,6-10H2,1H3,(H,16,18). The predicted octanol–water partition coefficient (Wildman–Crippen LogP) is 1.16. The van der Waals surface area contributed by atoms with Gasteiger partial charge in [0.05, 0.1) is 19.3 Å². The first-order valence-corrected chi connectivity index (χ1v) is 6.46. The molecule has 1 N–H and O–H groups in total. The zero-order chi connectivity index (χ0) is 13.7. The van der Waals surface area contributed by atoms with Crippen LogP contribution in [-0.4, -0.2) is 43.2 Å². The zero-order valence-corrected chi connectivity index (χ0v) is 11.1. The van der Waals surface area contributed by atoms with Crippen LogP contribution in [0.2, 0.25) is 0 Å². The van der Waals surface area contributed by atoms with Gasteiger partial charge in [0, 0.05) is 26.6 Å². The van der Waals surface area contributed by atoms with E-state index in [1.807, 2.05) is 0 Å². The zero-order valence-electron chi connectivity index (χ0n) is 11.1. The van der Waals surface area contributed by atoms with E-state index < -0.39 is 0 Å². The van der Waals surface area contributed by atoms with Crippen LogP contribution in [0.1, 0.15) is 12.5 Å². The summed E-state index contributed by atoms with van der Waals surface area (Å²) in [7, 11) is 0. The molecule has 5 heteroatoms. The smallest absolute Gasteiger partial charge is 0.216 e. The van der Waals surface area contributed by atoms with Crippen LogP contribution in [0.4, 0.5) is 4.39 Å². The number of nitrogens with one attached hydrogen (secondary N) is 1. The van der Waals surface area contributed by atoms with Gasteiger partial charge in [-0.3, -0.25) is 9.69 Å². The van der Waals surface area contributed by atoms with Gasteiger partial charge in [0.15, 0.2) is 0 Å². The monoisotopic (exact) mass is 266 g/mol. The maximum atomic E-state index is 12.9. The Balaban J connectivity index is 1.95. The van der Waals surface area contributed by atoms with E-state index in [0.717, 1.165) is 18.7 Å². The number of nitrogens with zero attached hydrogens (tertiary/aromatic N) is 1. The number of morpholine rings is 1. The lowest BCUT2D eigenvalue weighted by atomic mass is 10.1. The van der Waals surface area contributed by atoms with Gasteiger partial charge in [-0.25, -0.2) is 4.39 Å². The van der Waals surface area contributed by atoms with Gasteiger partial charge in [-0.15, -0.1) is 0 Å². The minimum Gasteiger partial charge on any atom is -0.378 e. The van der Waals surface area contributed by atoms with Crippen molar-refractivity contribution in [2.75, 3.05) is 26.3 Å². The molecule has 0 spiro atoms. The second-order valence-corrected chi connectivity index (χ2v) is 4.76. The molecule has 1 unspecified atom stereocenters. The average Bonchev–Trinajstić information content (AvgIpc) is 2.40. The summed E-state index contributed by atoms with van der Waals surface area (Å²) in [6, 6.07) is 6.69. The molecule has 19 heavy (non-hydrogen) atoms. The molecule has 2 rings (SSSR count). The fourth-order valence-corrected chi connectivity index (χ4v) is 2.17. The molecule has 0 radical (unpaired) electrons. The molecule has 0 aromatic heterocycles. The van der Waals surface area contributed by atoms with E-state index in [1.54, 1.807) is 12.1 Å². The molecule has 1 saturated heterocycles. The van der Waals surface area contributed by atoms with E-state index in [9.17, 15) is 9.18 Å². The molecule has 1 atom stereocenters. The van der Waals surface area contributed by atoms with E-state index in [2.05, 4.69) is 10.2 Å². The average molecular weight is 266 g/mol. The number of carbonyl (C=O) groups is 1. The van der Waals surface area contributed by atoms with Gasteiger partial charge in [-0.1, -0.05) is 12.1 Å². The van der Waals surface area contributed by atoms with E-state index in [0.29, 0.717) is 19.8 Å². The number of halogens is 1. The van der Waals surface area contributed by atoms with Crippen LogP contribution in [0.3, 0.4) is 0 Å². The Morgan fingerprint density at radius 1 is 1.47 bits per heavy atom. The number of hydrogen-bond donors (Lipinski definition) is 1. The van der Waals surface area contributed by atoms with Gasteiger partial charge in [0.2, 0.25) is 5.91 Å². The minimum atomic E-state index is -0.222. The number of benzene rings is 1. The quantitative estimate of drug-likeness (QED) is 0.889. The summed E-state index contributed by atoms with van der Waals surface area (Å²) >= 11 is 0. The SMILES string of the molecule is CC(=O)NCC1COCCN1Cc1ccc(F)cc1.